The maximum Gasteiger partial charge on any atom is 0.0512 e. The highest BCUT2D eigenvalue weighted by Gasteiger charge is 1.97. The third-order valence-corrected chi connectivity index (χ3v) is 6.45. The van der Waals surface area contributed by atoms with Gasteiger partial charge in [-0.2, -0.15) is 0 Å². The molecule has 0 aliphatic heterocycles. The average Bonchev–Trinajstić information content (AvgIpc) is 2.76. The van der Waals surface area contributed by atoms with Crippen molar-refractivity contribution >= 4 is 0 Å². The highest BCUT2D eigenvalue weighted by Crippen LogP contribution is 2.13. The van der Waals surface area contributed by atoms with E-state index in [1.807, 2.05) is 13.8 Å². The second-order valence-corrected chi connectivity index (χ2v) is 10.3. The molecule has 0 aliphatic carbocycles. The first-order valence-corrected chi connectivity index (χ1v) is 14.9. The van der Waals surface area contributed by atoms with E-state index in [-0.39, 0.29) is 12.2 Å². The molecule has 0 aromatic heterocycles. The van der Waals surface area contributed by atoms with E-state index >= 15 is 0 Å². The molecule has 0 heterocycles. The van der Waals surface area contributed by atoms with Gasteiger partial charge >= 0.3 is 0 Å². The Labute approximate surface area is 204 Å². The summed E-state index contributed by atoms with van der Waals surface area (Å²) in [5.74, 6) is 0. The van der Waals surface area contributed by atoms with Crippen molar-refractivity contribution in [3.63, 3.8) is 0 Å². The van der Waals surface area contributed by atoms with Gasteiger partial charge in [0.05, 0.1) is 12.2 Å². The summed E-state index contributed by atoms with van der Waals surface area (Å²) in [5.41, 5.74) is 0. The molecule has 2 heteroatoms. The van der Waals surface area contributed by atoms with E-state index in [4.69, 9.17) is 10.2 Å². The highest BCUT2D eigenvalue weighted by atomic mass is 16.3. The van der Waals surface area contributed by atoms with Crippen molar-refractivity contribution in [2.75, 3.05) is 0 Å². The highest BCUT2D eigenvalue weighted by molar-refractivity contribution is 4.52. The van der Waals surface area contributed by atoms with Crippen molar-refractivity contribution in [2.24, 2.45) is 0 Å². The summed E-state index contributed by atoms with van der Waals surface area (Å²) in [6, 6.07) is 0. The van der Waals surface area contributed by atoms with E-state index in [0.29, 0.717) is 0 Å². The summed E-state index contributed by atoms with van der Waals surface area (Å²) in [4.78, 5) is 0. The molecule has 196 valence electrons. The molecule has 0 saturated carbocycles. The fourth-order valence-corrected chi connectivity index (χ4v) is 4.21. The van der Waals surface area contributed by atoms with Crippen LogP contribution in [-0.4, -0.2) is 22.4 Å². The van der Waals surface area contributed by atoms with E-state index in [0.717, 1.165) is 12.8 Å². The Morgan fingerprint density at radius 2 is 0.531 bits per heavy atom. The first-order chi connectivity index (χ1) is 15.5. The number of aliphatic hydroxyl groups excluding tert-OH is 2. The monoisotopic (exact) mass is 456 g/mol. The quantitative estimate of drug-likeness (QED) is 0.142. The molecular weight excluding hydrogens is 392 g/mol. The van der Waals surface area contributed by atoms with Crippen LogP contribution >= 0.6 is 0 Å². The Kier molecular flexibility index (Phi) is 32.9. The zero-order valence-electron chi connectivity index (χ0n) is 23.0. The second-order valence-electron chi connectivity index (χ2n) is 10.3. The molecule has 0 aromatic rings. The lowest BCUT2D eigenvalue weighted by Crippen LogP contribution is -1.98. The molecule has 0 aliphatic rings. The summed E-state index contributed by atoms with van der Waals surface area (Å²) < 4.78 is 0. The molecular formula is C30H64O2. The van der Waals surface area contributed by atoms with Crippen LogP contribution in [0.1, 0.15) is 182 Å². The van der Waals surface area contributed by atoms with Gasteiger partial charge in [-0.15, -0.1) is 0 Å². The lowest BCUT2D eigenvalue weighted by atomic mass is 10.0. The molecule has 0 aromatic carbocycles. The van der Waals surface area contributed by atoms with Crippen LogP contribution in [0.4, 0.5) is 0 Å². The van der Waals surface area contributed by atoms with Crippen molar-refractivity contribution in [1.29, 1.82) is 0 Å². The predicted molar refractivity (Wildman–Crippen MR) is 146 cm³/mol. The van der Waals surface area contributed by atoms with Crippen LogP contribution in [0, 0.1) is 0 Å². The van der Waals surface area contributed by atoms with Gasteiger partial charge in [-0.05, 0) is 26.7 Å². The van der Waals surface area contributed by atoms with Crippen LogP contribution < -0.4 is 0 Å². The molecule has 2 unspecified atom stereocenters. The van der Waals surface area contributed by atoms with Crippen LogP contribution in [0.25, 0.3) is 0 Å². The van der Waals surface area contributed by atoms with Crippen LogP contribution in [0.2, 0.25) is 0 Å². The van der Waals surface area contributed by atoms with Crippen molar-refractivity contribution in [1.82, 2.24) is 0 Å². The molecule has 32 heavy (non-hydrogen) atoms. The topological polar surface area (TPSA) is 40.5 Å². The zero-order chi connectivity index (χ0) is 24.1. The second kappa shape index (κ2) is 30.9. The summed E-state index contributed by atoms with van der Waals surface area (Å²) in [7, 11) is 0. The molecule has 0 spiro atoms. The molecule has 0 bridgehead atoms. The average molecular weight is 457 g/mol. The summed E-state index contributed by atoms with van der Waals surface area (Å²) >= 11 is 0. The summed E-state index contributed by atoms with van der Waals surface area (Å²) in [5, 5.41) is 18.2. The smallest absolute Gasteiger partial charge is 0.0512 e. The molecule has 0 rings (SSSR count). The first-order valence-electron chi connectivity index (χ1n) is 14.9. The summed E-state index contributed by atoms with van der Waals surface area (Å²) in [6.07, 6.45) is 32.2. The van der Waals surface area contributed by atoms with Crippen molar-refractivity contribution < 1.29 is 10.2 Å². The minimum absolute atomic E-state index is 0.0986. The molecule has 0 saturated heterocycles. The molecule has 2 N–H and O–H groups in total. The van der Waals surface area contributed by atoms with Crippen LogP contribution in [0.15, 0.2) is 0 Å². The SMILES string of the molecule is CCCCCCCCCCCCCC(C)O.CCCCCCCCCCCCCC(C)O. The normalized spacial score (nSPS) is 12.9. The number of aliphatic hydroxyl groups is 2. The Morgan fingerprint density at radius 1 is 0.344 bits per heavy atom. The molecule has 2 atom stereocenters. The van der Waals surface area contributed by atoms with Crippen molar-refractivity contribution in [3.05, 3.63) is 0 Å². The third kappa shape index (κ3) is 37.2. The Morgan fingerprint density at radius 3 is 0.719 bits per heavy atom. The fraction of sp³-hybridized carbons (Fsp3) is 1.00. The van der Waals surface area contributed by atoms with Crippen LogP contribution in [-0.2, 0) is 0 Å². The van der Waals surface area contributed by atoms with Crippen molar-refractivity contribution in [3.8, 4) is 0 Å². The minimum Gasteiger partial charge on any atom is -0.393 e. The van der Waals surface area contributed by atoms with Gasteiger partial charge in [0.1, 0.15) is 0 Å². The Hall–Kier alpha value is -0.0800. The minimum atomic E-state index is -0.0986. The van der Waals surface area contributed by atoms with Crippen LogP contribution in [0.5, 0.6) is 0 Å². The zero-order valence-corrected chi connectivity index (χ0v) is 23.0. The number of rotatable bonds is 24. The maximum atomic E-state index is 9.10. The lowest BCUT2D eigenvalue weighted by Gasteiger charge is -2.04. The maximum absolute atomic E-state index is 9.10. The van der Waals surface area contributed by atoms with E-state index in [1.165, 1.54) is 141 Å². The van der Waals surface area contributed by atoms with Gasteiger partial charge in [0.15, 0.2) is 0 Å². The van der Waals surface area contributed by atoms with Crippen molar-refractivity contribution in [2.45, 2.75) is 194 Å². The largest absolute Gasteiger partial charge is 0.393 e. The van der Waals surface area contributed by atoms with Gasteiger partial charge in [-0.25, -0.2) is 0 Å². The molecule has 2 nitrogen and oxygen atoms in total. The van der Waals surface area contributed by atoms with Gasteiger partial charge in [0.25, 0.3) is 0 Å². The molecule has 0 fully saturated rings. The number of hydrogen-bond donors (Lipinski definition) is 2. The predicted octanol–water partition coefficient (Wildman–Crippen LogP) is 10.1. The number of hydrogen-bond acceptors (Lipinski definition) is 2. The number of unbranched alkanes of at least 4 members (excludes halogenated alkanes) is 20. The standard InChI is InChI=1S/2C15H32O/c2*1-3-4-5-6-7-8-9-10-11-12-13-14-15(2)16/h2*15-16H,3-14H2,1-2H3. The van der Waals surface area contributed by atoms with Gasteiger partial charge in [0, 0.05) is 0 Å². The Balaban J connectivity index is 0. The van der Waals surface area contributed by atoms with E-state index in [1.54, 1.807) is 0 Å². The van der Waals surface area contributed by atoms with E-state index in [9.17, 15) is 0 Å². The third-order valence-electron chi connectivity index (χ3n) is 6.45. The lowest BCUT2D eigenvalue weighted by molar-refractivity contribution is 0.180. The van der Waals surface area contributed by atoms with Crippen LogP contribution in [0.3, 0.4) is 0 Å². The van der Waals surface area contributed by atoms with E-state index in [2.05, 4.69) is 13.8 Å². The van der Waals surface area contributed by atoms with Gasteiger partial charge in [-0.3, -0.25) is 0 Å². The van der Waals surface area contributed by atoms with Gasteiger partial charge in [-0.1, -0.05) is 155 Å². The summed E-state index contributed by atoms with van der Waals surface area (Å²) in [6.45, 7) is 8.31. The fourth-order valence-electron chi connectivity index (χ4n) is 4.21. The first kappa shape index (κ1) is 34.1. The van der Waals surface area contributed by atoms with Gasteiger partial charge < -0.3 is 10.2 Å². The molecule has 0 amide bonds. The van der Waals surface area contributed by atoms with Gasteiger partial charge in [0.2, 0.25) is 0 Å². The van der Waals surface area contributed by atoms with E-state index < -0.39 is 0 Å². The molecule has 0 radical (unpaired) electrons. The Bertz CT molecular complexity index is 271.